The Balaban J connectivity index is 1.83. The molecule has 2 unspecified atom stereocenters. The van der Waals surface area contributed by atoms with Gasteiger partial charge in [0.1, 0.15) is 0 Å². The topological polar surface area (TPSA) is 17.0 Å². The van der Waals surface area contributed by atoms with E-state index in [9.17, 15) is 0 Å². The molecule has 0 aliphatic heterocycles. The molecular formula is C16H22N2. The van der Waals surface area contributed by atoms with Crippen LogP contribution >= 0.6 is 0 Å². The first kappa shape index (κ1) is 11.8. The Bertz CT molecular complexity index is 529. The molecule has 1 aliphatic rings. The van der Waals surface area contributed by atoms with Crippen molar-refractivity contribution in [3.63, 3.8) is 0 Å². The van der Waals surface area contributed by atoms with Crippen molar-refractivity contribution in [1.29, 1.82) is 0 Å². The number of rotatable bonds is 4. The molecule has 1 saturated carbocycles. The van der Waals surface area contributed by atoms with Crippen molar-refractivity contribution >= 4 is 10.9 Å². The lowest BCUT2D eigenvalue weighted by molar-refractivity contribution is 0.604. The van der Waals surface area contributed by atoms with E-state index < -0.39 is 0 Å². The minimum absolute atomic E-state index is 0.757. The van der Waals surface area contributed by atoms with Crippen LogP contribution < -0.4 is 5.32 Å². The second-order valence-electron chi connectivity index (χ2n) is 5.54. The number of nitrogens with zero attached hydrogens (tertiary/aromatic N) is 1. The second kappa shape index (κ2) is 4.43. The fourth-order valence-electron chi connectivity index (χ4n) is 3.06. The minimum Gasteiger partial charge on any atom is -0.346 e. The summed E-state index contributed by atoms with van der Waals surface area (Å²) in [5, 5.41) is 5.08. The highest BCUT2D eigenvalue weighted by Gasteiger charge is 2.34. The molecule has 96 valence electrons. The van der Waals surface area contributed by atoms with Crippen LogP contribution in [0.15, 0.2) is 24.3 Å². The Morgan fingerprint density at radius 1 is 1.33 bits per heavy atom. The predicted octanol–water partition coefficient (Wildman–Crippen LogP) is 3.37. The Labute approximate surface area is 109 Å². The molecule has 2 atom stereocenters. The van der Waals surface area contributed by atoms with E-state index in [1.165, 1.54) is 35.0 Å². The van der Waals surface area contributed by atoms with Crippen LogP contribution in [0.5, 0.6) is 0 Å². The largest absolute Gasteiger partial charge is 0.346 e. The van der Waals surface area contributed by atoms with Crippen LogP contribution in [0.1, 0.15) is 31.0 Å². The quantitative estimate of drug-likeness (QED) is 0.869. The maximum atomic E-state index is 3.70. The van der Waals surface area contributed by atoms with Crippen LogP contribution in [0, 0.1) is 12.8 Å². The SMILES string of the molecule is CCC1CC1NCc1c(C)c2ccccc2n1C. The van der Waals surface area contributed by atoms with Crippen molar-refractivity contribution in [2.24, 2.45) is 13.0 Å². The molecule has 0 spiro atoms. The van der Waals surface area contributed by atoms with Gasteiger partial charge in [0.25, 0.3) is 0 Å². The van der Waals surface area contributed by atoms with Gasteiger partial charge >= 0.3 is 0 Å². The molecule has 1 aromatic carbocycles. The number of aryl methyl sites for hydroxylation is 2. The van der Waals surface area contributed by atoms with Crippen LogP contribution in [0.4, 0.5) is 0 Å². The van der Waals surface area contributed by atoms with Gasteiger partial charge in [-0.15, -0.1) is 0 Å². The standard InChI is InChI=1S/C16H22N2/c1-4-12-9-14(12)17-10-16-11(2)13-7-5-6-8-15(13)18(16)3/h5-8,12,14,17H,4,9-10H2,1-3H3. The van der Waals surface area contributed by atoms with E-state index in [0.29, 0.717) is 0 Å². The maximum Gasteiger partial charge on any atom is 0.0483 e. The number of aromatic nitrogens is 1. The summed E-state index contributed by atoms with van der Waals surface area (Å²) in [5.41, 5.74) is 4.20. The van der Waals surface area contributed by atoms with Crippen LogP contribution in [0.2, 0.25) is 0 Å². The third-order valence-electron chi connectivity index (χ3n) is 4.49. The molecule has 1 heterocycles. The Hall–Kier alpha value is -1.28. The highest BCUT2D eigenvalue weighted by molar-refractivity contribution is 5.85. The second-order valence-corrected chi connectivity index (χ2v) is 5.54. The summed E-state index contributed by atoms with van der Waals surface area (Å²) < 4.78 is 2.33. The molecule has 0 saturated heterocycles. The Morgan fingerprint density at radius 2 is 2.11 bits per heavy atom. The maximum absolute atomic E-state index is 3.70. The summed E-state index contributed by atoms with van der Waals surface area (Å²) in [6.45, 7) is 5.52. The van der Waals surface area contributed by atoms with Crippen LogP contribution in [-0.4, -0.2) is 10.6 Å². The minimum atomic E-state index is 0.757. The predicted molar refractivity (Wildman–Crippen MR) is 76.7 cm³/mol. The van der Waals surface area contributed by atoms with Crippen LogP contribution in [0.3, 0.4) is 0 Å². The first-order valence-corrected chi connectivity index (χ1v) is 6.98. The number of para-hydroxylation sites is 1. The molecule has 0 amide bonds. The molecule has 1 aliphatic carbocycles. The van der Waals surface area contributed by atoms with E-state index in [0.717, 1.165) is 18.5 Å². The van der Waals surface area contributed by atoms with Crippen molar-refractivity contribution in [2.45, 2.75) is 39.3 Å². The highest BCUT2D eigenvalue weighted by Crippen LogP contribution is 2.33. The van der Waals surface area contributed by atoms with Gasteiger partial charge in [-0.1, -0.05) is 31.5 Å². The molecule has 18 heavy (non-hydrogen) atoms. The molecular weight excluding hydrogens is 220 g/mol. The molecule has 2 nitrogen and oxygen atoms in total. The third kappa shape index (κ3) is 1.85. The molecule has 0 bridgehead atoms. The number of nitrogens with one attached hydrogen (secondary N) is 1. The van der Waals surface area contributed by atoms with Crippen LogP contribution in [-0.2, 0) is 13.6 Å². The fourth-order valence-corrected chi connectivity index (χ4v) is 3.06. The molecule has 2 aromatic rings. The van der Waals surface area contributed by atoms with Gasteiger partial charge in [-0.2, -0.15) is 0 Å². The highest BCUT2D eigenvalue weighted by atomic mass is 15.0. The summed E-state index contributed by atoms with van der Waals surface area (Å²) in [7, 11) is 2.18. The van der Waals surface area contributed by atoms with Crippen molar-refractivity contribution in [2.75, 3.05) is 0 Å². The van der Waals surface area contributed by atoms with E-state index in [4.69, 9.17) is 0 Å². The molecule has 1 fully saturated rings. The van der Waals surface area contributed by atoms with Gasteiger partial charge in [0, 0.05) is 36.2 Å². The lowest BCUT2D eigenvalue weighted by atomic mass is 10.1. The fraction of sp³-hybridized carbons (Fsp3) is 0.500. The van der Waals surface area contributed by atoms with Gasteiger partial charge in [-0.05, 0) is 30.9 Å². The molecule has 0 radical (unpaired) electrons. The number of hydrogen-bond acceptors (Lipinski definition) is 1. The summed E-state index contributed by atoms with van der Waals surface area (Å²) in [6, 6.07) is 9.43. The van der Waals surface area contributed by atoms with E-state index in [-0.39, 0.29) is 0 Å². The summed E-state index contributed by atoms with van der Waals surface area (Å²) >= 11 is 0. The van der Waals surface area contributed by atoms with Crippen molar-refractivity contribution in [3.05, 3.63) is 35.5 Å². The molecule has 1 aromatic heterocycles. The van der Waals surface area contributed by atoms with E-state index in [1.54, 1.807) is 0 Å². The van der Waals surface area contributed by atoms with Gasteiger partial charge in [0.05, 0.1) is 0 Å². The lowest BCUT2D eigenvalue weighted by Gasteiger charge is -2.07. The zero-order valence-corrected chi connectivity index (χ0v) is 11.5. The van der Waals surface area contributed by atoms with Gasteiger partial charge < -0.3 is 9.88 Å². The van der Waals surface area contributed by atoms with Gasteiger partial charge in [0.15, 0.2) is 0 Å². The average Bonchev–Trinajstić information content (AvgIpc) is 3.12. The number of hydrogen-bond donors (Lipinski definition) is 1. The summed E-state index contributed by atoms with van der Waals surface area (Å²) in [5.74, 6) is 0.917. The first-order chi connectivity index (χ1) is 8.72. The normalized spacial score (nSPS) is 22.6. The van der Waals surface area contributed by atoms with E-state index in [2.05, 4.69) is 55.0 Å². The smallest absolute Gasteiger partial charge is 0.0483 e. The Kier molecular flexibility index (Phi) is 2.90. The first-order valence-electron chi connectivity index (χ1n) is 6.98. The molecule has 3 rings (SSSR count). The molecule has 2 heteroatoms. The van der Waals surface area contributed by atoms with Crippen molar-refractivity contribution in [1.82, 2.24) is 9.88 Å². The van der Waals surface area contributed by atoms with Gasteiger partial charge in [0.2, 0.25) is 0 Å². The van der Waals surface area contributed by atoms with Gasteiger partial charge in [-0.25, -0.2) is 0 Å². The summed E-state index contributed by atoms with van der Waals surface area (Å²) in [6.07, 6.45) is 2.67. The monoisotopic (exact) mass is 242 g/mol. The zero-order chi connectivity index (χ0) is 12.7. The average molecular weight is 242 g/mol. The zero-order valence-electron chi connectivity index (χ0n) is 11.5. The lowest BCUT2D eigenvalue weighted by Crippen LogP contribution is -2.19. The van der Waals surface area contributed by atoms with E-state index >= 15 is 0 Å². The number of benzene rings is 1. The van der Waals surface area contributed by atoms with Gasteiger partial charge in [-0.3, -0.25) is 0 Å². The number of fused-ring (bicyclic) bond motifs is 1. The summed E-state index contributed by atoms with van der Waals surface area (Å²) in [4.78, 5) is 0. The Morgan fingerprint density at radius 3 is 2.78 bits per heavy atom. The van der Waals surface area contributed by atoms with E-state index in [1.807, 2.05) is 0 Å². The van der Waals surface area contributed by atoms with Crippen molar-refractivity contribution in [3.8, 4) is 0 Å². The molecule has 1 N–H and O–H groups in total. The van der Waals surface area contributed by atoms with Crippen LogP contribution in [0.25, 0.3) is 10.9 Å². The van der Waals surface area contributed by atoms with Crippen molar-refractivity contribution < 1.29 is 0 Å². The third-order valence-corrected chi connectivity index (χ3v) is 4.49.